The molecular formula is C18H11BrN2OS. The second-order valence-corrected chi connectivity index (χ2v) is 7.29. The topological polar surface area (TPSA) is 52.9 Å². The molecule has 3 nitrogen and oxygen atoms in total. The average Bonchev–Trinajstić information content (AvgIpc) is 2.98. The van der Waals surface area contributed by atoms with E-state index in [1.807, 2.05) is 60.7 Å². The highest BCUT2D eigenvalue weighted by atomic mass is 79.9. The van der Waals surface area contributed by atoms with Crippen molar-refractivity contribution in [2.24, 2.45) is 0 Å². The van der Waals surface area contributed by atoms with Crippen LogP contribution in [0.5, 0.6) is 0 Å². The number of anilines is 1. The highest BCUT2D eigenvalue weighted by Crippen LogP contribution is 2.26. The maximum Gasteiger partial charge on any atom is 0.266 e. The van der Waals surface area contributed by atoms with Crippen molar-refractivity contribution in [3.05, 3.63) is 68.8 Å². The zero-order valence-corrected chi connectivity index (χ0v) is 14.3. The number of amides is 1. The Labute approximate surface area is 146 Å². The van der Waals surface area contributed by atoms with Gasteiger partial charge in [0.1, 0.15) is 11.6 Å². The molecule has 5 heteroatoms. The molecule has 23 heavy (non-hydrogen) atoms. The number of nitrogens with one attached hydrogen (secondary N) is 1. The molecule has 3 rings (SSSR count). The number of hydrogen-bond acceptors (Lipinski definition) is 3. The molecule has 2 aromatic carbocycles. The molecule has 0 atom stereocenters. The number of benzene rings is 2. The van der Waals surface area contributed by atoms with Gasteiger partial charge in [0.2, 0.25) is 0 Å². The van der Waals surface area contributed by atoms with Crippen molar-refractivity contribution >= 4 is 55.7 Å². The first-order chi connectivity index (χ1) is 11.2. The third kappa shape index (κ3) is 3.50. The van der Waals surface area contributed by atoms with Crippen LogP contribution in [-0.2, 0) is 4.79 Å². The first-order valence-electron chi connectivity index (χ1n) is 6.83. The van der Waals surface area contributed by atoms with Gasteiger partial charge in [0.05, 0.1) is 3.79 Å². The summed E-state index contributed by atoms with van der Waals surface area (Å²) in [6.45, 7) is 0. The summed E-state index contributed by atoms with van der Waals surface area (Å²) in [6.07, 6.45) is 1.59. The Morgan fingerprint density at radius 1 is 1.13 bits per heavy atom. The van der Waals surface area contributed by atoms with Gasteiger partial charge in [0.15, 0.2) is 0 Å². The van der Waals surface area contributed by atoms with Gasteiger partial charge in [-0.3, -0.25) is 4.79 Å². The summed E-state index contributed by atoms with van der Waals surface area (Å²) in [7, 11) is 0. The van der Waals surface area contributed by atoms with Gasteiger partial charge in [-0.1, -0.05) is 36.4 Å². The number of thiophene rings is 1. The van der Waals surface area contributed by atoms with Gasteiger partial charge in [0.25, 0.3) is 5.91 Å². The van der Waals surface area contributed by atoms with E-state index in [9.17, 15) is 10.1 Å². The van der Waals surface area contributed by atoms with Crippen LogP contribution >= 0.6 is 27.3 Å². The van der Waals surface area contributed by atoms with Crippen LogP contribution in [0.4, 0.5) is 5.69 Å². The fourth-order valence-electron chi connectivity index (χ4n) is 2.22. The minimum atomic E-state index is -0.409. The van der Waals surface area contributed by atoms with Gasteiger partial charge >= 0.3 is 0 Å². The minimum Gasteiger partial charge on any atom is -0.321 e. The van der Waals surface area contributed by atoms with Crippen molar-refractivity contribution < 1.29 is 4.79 Å². The van der Waals surface area contributed by atoms with Crippen LogP contribution < -0.4 is 5.32 Å². The number of fused-ring (bicyclic) bond motifs is 1. The van der Waals surface area contributed by atoms with E-state index >= 15 is 0 Å². The molecule has 0 bridgehead atoms. The maximum absolute atomic E-state index is 12.4. The van der Waals surface area contributed by atoms with E-state index in [1.165, 1.54) is 11.3 Å². The number of nitrogens with zero attached hydrogens (tertiary/aromatic N) is 1. The van der Waals surface area contributed by atoms with E-state index < -0.39 is 5.91 Å². The molecule has 0 spiro atoms. The van der Waals surface area contributed by atoms with Gasteiger partial charge in [-0.2, -0.15) is 5.26 Å². The minimum absolute atomic E-state index is 0.0762. The Balaban J connectivity index is 1.90. The summed E-state index contributed by atoms with van der Waals surface area (Å²) in [5.41, 5.74) is 0.772. The fourth-order valence-corrected chi connectivity index (χ4v) is 3.59. The number of halogens is 1. The van der Waals surface area contributed by atoms with Gasteiger partial charge in [-0.05, 0) is 45.6 Å². The summed E-state index contributed by atoms with van der Waals surface area (Å²) in [6, 6.07) is 19.2. The average molecular weight is 383 g/mol. The standard InChI is InChI=1S/C18H11BrN2OS/c19-17-9-8-14(23-17)10-13(11-20)18(22)21-16-7-3-5-12-4-1-2-6-15(12)16/h1-10H,(H,21,22)/b13-10+. The van der Waals surface area contributed by atoms with Crippen LogP contribution in [0, 0.1) is 11.3 Å². The molecule has 112 valence electrons. The van der Waals surface area contributed by atoms with E-state index in [-0.39, 0.29) is 5.57 Å². The van der Waals surface area contributed by atoms with E-state index in [0.29, 0.717) is 5.69 Å². The number of hydrogen-bond donors (Lipinski definition) is 1. The molecule has 0 radical (unpaired) electrons. The first-order valence-corrected chi connectivity index (χ1v) is 8.44. The van der Waals surface area contributed by atoms with Crippen LogP contribution in [0.1, 0.15) is 4.88 Å². The fraction of sp³-hybridized carbons (Fsp3) is 0. The first kappa shape index (κ1) is 15.5. The molecule has 0 saturated carbocycles. The molecule has 1 heterocycles. The van der Waals surface area contributed by atoms with Gasteiger partial charge in [-0.25, -0.2) is 0 Å². The predicted molar refractivity (Wildman–Crippen MR) is 98.2 cm³/mol. The third-order valence-corrected chi connectivity index (χ3v) is 4.85. The SMILES string of the molecule is N#C/C(=C\c1ccc(Br)s1)C(=O)Nc1cccc2ccccc12. The Kier molecular flexibility index (Phi) is 4.56. The maximum atomic E-state index is 12.4. The summed E-state index contributed by atoms with van der Waals surface area (Å²) < 4.78 is 0.954. The molecule has 0 aliphatic rings. The number of carbonyl (C=O) groups excluding carboxylic acids is 1. The largest absolute Gasteiger partial charge is 0.321 e. The second kappa shape index (κ2) is 6.78. The van der Waals surface area contributed by atoms with Crippen molar-refractivity contribution in [3.8, 4) is 6.07 Å². The molecule has 0 aliphatic heterocycles. The molecule has 0 saturated heterocycles. The van der Waals surface area contributed by atoms with Crippen LogP contribution in [0.3, 0.4) is 0 Å². The summed E-state index contributed by atoms with van der Waals surface area (Å²) in [5, 5.41) is 14.1. The van der Waals surface area contributed by atoms with Crippen LogP contribution in [0.2, 0.25) is 0 Å². The molecule has 3 aromatic rings. The molecular weight excluding hydrogens is 372 g/mol. The smallest absolute Gasteiger partial charge is 0.266 e. The third-order valence-electron chi connectivity index (χ3n) is 3.28. The van der Waals surface area contributed by atoms with E-state index in [0.717, 1.165) is 19.4 Å². The van der Waals surface area contributed by atoms with Gasteiger partial charge < -0.3 is 5.32 Å². The normalized spacial score (nSPS) is 11.2. The van der Waals surface area contributed by atoms with Crippen molar-refractivity contribution in [1.82, 2.24) is 0 Å². The summed E-state index contributed by atoms with van der Waals surface area (Å²) in [5.74, 6) is -0.409. The Bertz CT molecular complexity index is 948. The lowest BCUT2D eigenvalue weighted by Gasteiger charge is -2.08. The van der Waals surface area contributed by atoms with E-state index in [2.05, 4.69) is 21.2 Å². The van der Waals surface area contributed by atoms with Crippen LogP contribution in [0.25, 0.3) is 16.8 Å². The molecule has 1 N–H and O–H groups in total. The Morgan fingerprint density at radius 2 is 1.91 bits per heavy atom. The van der Waals surface area contributed by atoms with E-state index in [1.54, 1.807) is 6.08 Å². The zero-order chi connectivity index (χ0) is 16.2. The number of rotatable bonds is 3. The van der Waals surface area contributed by atoms with E-state index in [4.69, 9.17) is 0 Å². The predicted octanol–water partition coefficient (Wildman–Crippen LogP) is 5.21. The van der Waals surface area contributed by atoms with Crippen molar-refractivity contribution in [1.29, 1.82) is 5.26 Å². The lowest BCUT2D eigenvalue weighted by Crippen LogP contribution is -2.13. The van der Waals surface area contributed by atoms with Crippen LogP contribution in [0.15, 0.2) is 64.0 Å². The van der Waals surface area contributed by atoms with Crippen LogP contribution in [-0.4, -0.2) is 5.91 Å². The highest BCUT2D eigenvalue weighted by molar-refractivity contribution is 9.11. The summed E-state index contributed by atoms with van der Waals surface area (Å²) in [4.78, 5) is 13.2. The van der Waals surface area contributed by atoms with Gasteiger partial charge in [-0.15, -0.1) is 11.3 Å². The monoisotopic (exact) mass is 382 g/mol. The van der Waals surface area contributed by atoms with Crippen molar-refractivity contribution in [2.45, 2.75) is 0 Å². The highest BCUT2D eigenvalue weighted by Gasteiger charge is 2.11. The molecule has 1 aromatic heterocycles. The lowest BCUT2D eigenvalue weighted by atomic mass is 10.1. The van der Waals surface area contributed by atoms with Crippen molar-refractivity contribution in [2.75, 3.05) is 5.32 Å². The van der Waals surface area contributed by atoms with Gasteiger partial charge in [0, 0.05) is 16.0 Å². The number of nitriles is 1. The Morgan fingerprint density at radius 3 is 2.65 bits per heavy atom. The summed E-state index contributed by atoms with van der Waals surface area (Å²) >= 11 is 4.83. The quantitative estimate of drug-likeness (QED) is 0.499. The Hall–Kier alpha value is -2.42. The number of carbonyl (C=O) groups is 1. The van der Waals surface area contributed by atoms with Crippen molar-refractivity contribution in [3.63, 3.8) is 0 Å². The molecule has 0 aliphatic carbocycles. The second-order valence-electron chi connectivity index (χ2n) is 4.79. The molecule has 1 amide bonds. The molecule has 0 unspecified atom stereocenters. The molecule has 0 fully saturated rings. The zero-order valence-electron chi connectivity index (χ0n) is 11.9. The lowest BCUT2D eigenvalue weighted by molar-refractivity contribution is -0.112.